The van der Waals surface area contributed by atoms with Crippen LogP contribution in [0.2, 0.25) is 5.02 Å². The molecule has 0 fully saturated rings. The van der Waals surface area contributed by atoms with Gasteiger partial charge < -0.3 is 10.1 Å². The molecular formula is C18H20ClNO2. The number of hydrogen-bond acceptors (Lipinski definition) is 2. The molecule has 0 heterocycles. The Labute approximate surface area is 136 Å². The molecule has 1 amide bonds. The normalized spacial score (nSPS) is 10.5. The van der Waals surface area contributed by atoms with Gasteiger partial charge in [-0.2, -0.15) is 0 Å². The van der Waals surface area contributed by atoms with Crippen LogP contribution in [0.1, 0.15) is 30.6 Å². The number of rotatable bonds is 6. The molecule has 0 unspecified atom stereocenters. The molecule has 3 nitrogen and oxygen atoms in total. The van der Waals surface area contributed by atoms with Crippen molar-refractivity contribution in [3.63, 3.8) is 0 Å². The Morgan fingerprint density at radius 3 is 2.55 bits per heavy atom. The van der Waals surface area contributed by atoms with Crippen molar-refractivity contribution in [3.05, 3.63) is 59.1 Å². The van der Waals surface area contributed by atoms with Crippen molar-refractivity contribution in [2.75, 3.05) is 11.9 Å². The molecule has 2 aromatic rings. The number of carbonyl (C=O) groups is 1. The maximum atomic E-state index is 12.1. The molecule has 22 heavy (non-hydrogen) atoms. The number of ether oxygens (including phenoxy) is 1. The van der Waals surface area contributed by atoms with Crippen LogP contribution in [0.5, 0.6) is 5.75 Å². The van der Waals surface area contributed by atoms with Crippen LogP contribution in [0.4, 0.5) is 5.69 Å². The maximum absolute atomic E-state index is 12.1. The largest absolute Gasteiger partial charge is 0.494 e. The van der Waals surface area contributed by atoms with E-state index in [2.05, 4.69) is 19.2 Å². The minimum absolute atomic E-state index is 0.170. The molecule has 1 N–H and O–H groups in total. The molecular weight excluding hydrogens is 298 g/mol. The van der Waals surface area contributed by atoms with Gasteiger partial charge in [-0.25, -0.2) is 0 Å². The number of anilines is 1. The Hall–Kier alpha value is -2.00. The molecule has 0 aliphatic rings. The SMILES string of the molecule is CC(C)CCOc1ccc(C(=O)Nc2cccc(Cl)c2)cc1. The zero-order valence-electron chi connectivity index (χ0n) is 12.8. The number of benzene rings is 2. The molecule has 0 atom stereocenters. The van der Waals surface area contributed by atoms with Crippen LogP contribution >= 0.6 is 11.6 Å². The lowest BCUT2D eigenvalue weighted by atomic mass is 10.1. The highest BCUT2D eigenvalue weighted by atomic mass is 35.5. The third kappa shape index (κ3) is 5.08. The molecule has 2 aromatic carbocycles. The highest BCUT2D eigenvalue weighted by molar-refractivity contribution is 6.30. The molecule has 0 saturated carbocycles. The van der Waals surface area contributed by atoms with Gasteiger partial charge in [0.1, 0.15) is 5.75 Å². The second kappa shape index (κ2) is 7.85. The number of nitrogens with one attached hydrogen (secondary N) is 1. The summed E-state index contributed by atoms with van der Waals surface area (Å²) in [6.07, 6.45) is 1.01. The second-order valence-electron chi connectivity index (χ2n) is 5.52. The Bertz CT molecular complexity index is 623. The van der Waals surface area contributed by atoms with Crippen LogP contribution in [0.15, 0.2) is 48.5 Å². The monoisotopic (exact) mass is 317 g/mol. The van der Waals surface area contributed by atoms with E-state index >= 15 is 0 Å². The van der Waals surface area contributed by atoms with Crippen LogP contribution in [0.3, 0.4) is 0 Å². The summed E-state index contributed by atoms with van der Waals surface area (Å²) in [6, 6.07) is 14.2. The third-order valence-corrected chi connectivity index (χ3v) is 3.40. The summed E-state index contributed by atoms with van der Waals surface area (Å²) in [5.74, 6) is 1.22. The predicted octanol–water partition coefficient (Wildman–Crippen LogP) is 5.02. The van der Waals surface area contributed by atoms with E-state index < -0.39 is 0 Å². The summed E-state index contributed by atoms with van der Waals surface area (Å²) in [5, 5.41) is 3.40. The van der Waals surface area contributed by atoms with E-state index in [-0.39, 0.29) is 5.91 Å². The van der Waals surface area contributed by atoms with Gasteiger partial charge in [-0.1, -0.05) is 31.5 Å². The lowest BCUT2D eigenvalue weighted by molar-refractivity contribution is 0.102. The van der Waals surface area contributed by atoms with Gasteiger partial charge in [0, 0.05) is 16.3 Å². The van der Waals surface area contributed by atoms with E-state index in [0.717, 1.165) is 12.2 Å². The van der Waals surface area contributed by atoms with E-state index in [0.29, 0.717) is 28.8 Å². The van der Waals surface area contributed by atoms with Crippen LogP contribution < -0.4 is 10.1 Å². The smallest absolute Gasteiger partial charge is 0.255 e. The average molecular weight is 318 g/mol. The molecule has 0 aromatic heterocycles. The number of hydrogen-bond donors (Lipinski definition) is 1. The van der Waals surface area contributed by atoms with Crippen molar-refractivity contribution in [1.29, 1.82) is 0 Å². The van der Waals surface area contributed by atoms with E-state index in [1.54, 1.807) is 36.4 Å². The van der Waals surface area contributed by atoms with Gasteiger partial charge in [-0.3, -0.25) is 4.79 Å². The van der Waals surface area contributed by atoms with Crippen molar-refractivity contribution < 1.29 is 9.53 Å². The van der Waals surface area contributed by atoms with Gasteiger partial charge in [0.15, 0.2) is 0 Å². The van der Waals surface area contributed by atoms with E-state index in [1.807, 2.05) is 12.1 Å². The zero-order chi connectivity index (χ0) is 15.9. The second-order valence-corrected chi connectivity index (χ2v) is 5.96. The molecule has 116 valence electrons. The topological polar surface area (TPSA) is 38.3 Å². The van der Waals surface area contributed by atoms with Gasteiger partial charge >= 0.3 is 0 Å². The first-order chi connectivity index (χ1) is 10.5. The first kappa shape index (κ1) is 16.4. The lowest BCUT2D eigenvalue weighted by Gasteiger charge is -2.09. The van der Waals surface area contributed by atoms with Gasteiger partial charge in [0.05, 0.1) is 6.61 Å². The minimum atomic E-state index is -0.170. The van der Waals surface area contributed by atoms with Crippen molar-refractivity contribution in [1.82, 2.24) is 0 Å². The summed E-state index contributed by atoms with van der Waals surface area (Å²) in [7, 11) is 0. The summed E-state index contributed by atoms with van der Waals surface area (Å²) in [6.45, 7) is 5.00. The fraction of sp³-hybridized carbons (Fsp3) is 0.278. The van der Waals surface area contributed by atoms with Gasteiger partial charge in [0.25, 0.3) is 5.91 Å². The number of amides is 1. The highest BCUT2D eigenvalue weighted by Crippen LogP contribution is 2.17. The predicted molar refractivity (Wildman–Crippen MR) is 90.8 cm³/mol. The molecule has 0 saturated heterocycles. The van der Waals surface area contributed by atoms with Gasteiger partial charge in [0.2, 0.25) is 0 Å². The standard InChI is InChI=1S/C18H20ClNO2/c1-13(2)10-11-22-17-8-6-14(7-9-17)18(21)20-16-5-3-4-15(19)12-16/h3-9,12-13H,10-11H2,1-2H3,(H,20,21). The van der Waals surface area contributed by atoms with Crippen LogP contribution in [0, 0.1) is 5.92 Å². The average Bonchev–Trinajstić information content (AvgIpc) is 2.47. The molecule has 4 heteroatoms. The Kier molecular flexibility index (Phi) is 5.84. The van der Waals surface area contributed by atoms with E-state index in [1.165, 1.54) is 0 Å². The minimum Gasteiger partial charge on any atom is -0.494 e. The van der Waals surface area contributed by atoms with Crippen molar-refractivity contribution in [3.8, 4) is 5.75 Å². The van der Waals surface area contributed by atoms with Gasteiger partial charge in [-0.05, 0) is 54.8 Å². The lowest BCUT2D eigenvalue weighted by Crippen LogP contribution is -2.11. The highest BCUT2D eigenvalue weighted by Gasteiger charge is 2.06. The van der Waals surface area contributed by atoms with Crippen molar-refractivity contribution in [2.45, 2.75) is 20.3 Å². The van der Waals surface area contributed by atoms with Gasteiger partial charge in [-0.15, -0.1) is 0 Å². The van der Waals surface area contributed by atoms with Crippen LogP contribution in [0.25, 0.3) is 0 Å². The fourth-order valence-corrected chi connectivity index (χ4v) is 2.07. The Balaban J connectivity index is 1.93. The fourth-order valence-electron chi connectivity index (χ4n) is 1.88. The molecule has 0 bridgehead atoms. The maximum Gasteiger partial charge on any atom is 0.255 e. The Morgan fingerprint density at radius 2 is 1.91 bits per heavy atom. The van der Waals surface area contributed by atoms with E-state index in [9.17, 15) is 4.79 Å². The third-order valence-electron chi connectivity index (χ3n) is 3.16. The molecule has 0 spiro atoms. The summed E-state index contributed by atoms with van der Waals surface area (Å²) in [5.41, 5.74) is 1.26. The van der Waals surface area contributed by atoms with E-state index in [4.69, 9.17) is 16.3 Å². The quantitative estimate of drug-likeness (QED) is 0.812. The molecule has 0 radical (unpaired) electrons. The molecule has 2 rings (SSSR count). The van der Waals surface area contributed by atoms with Crippen LogP contribution in [-0.4, -0.2) is 12.5 Å². The first-order valence-electron chi connectivity index (χ1n) is 7.34. The number of carbonyl (C=O) groups excluding carboxylic acids is 1. The van der Waals surface area contributed by atoms with Crippen molar-refractivity contribution in [2.24, 2.45) is 5.92 Å². The number of halogens is 1. The van der Waals surface area contributed by atoms with Crippen LogP contribution in [-0.2, 0) is 0 Å². The first-order valence-corrected chi connectivity index (χ1v) is 7.72. The summed E-state index contributed by atoms with van der Waals surface area (Å²) < 4.78 is 5.64. The Morgan fingerprint density at radius 1 is 1.18 bits per heavy atom. The van der Waals surface area contributed by atoms with Crippen molar-refractivity contribution >= 4 is 23.2 Å². The summed E-state index contributed by atoms with van der Waals surface area (Å²) in [4.78, 5) is 12.1. The summed E-state index contributed by atoms with van der Waals surface area (Å²) >= 11 is 5.90. The molecule has 0 aliphatic carbocycles. The molecule has 0 aliphatic heterocycles. The zero-order valence-corrected chi connectivity index (χ0v) is 13.6.